The number of carbonyl (C=O) groups excluding carboxylic acids is 4. The summed E-state index contributed by atoms with van der Waals surface area (Å²) >= 11 is 2.49. The molecule has 0 spiro atoms. The molecule has 0 radical (unpaired) electrons. The number of rotatable bonds is 4. The Morgan fingerprint density at radius 2 is 1.09 bits per heavy atom. The van der Waals surface area contributed by atoms with Crippen LogP contribution in [0.2, 0.25) is 0 Å². The zero-order valence-corrected chi connectivity index (χ0v) is 20.9. The van der Waals surface area contributed by atoms with Gasteiger partial charge in [-0.1, -0.05) is 31.5 Å². The Morgan fingerprint density at radius 3 is 1.47 bits per heavy atom. The van der Waals surface area contributed by atoms with E-state index in [1.807, 2.05) is 31.5 Å². The molecular weight excluding hydrogens is 480 g/mol. The zero-order valence-electron chi connectivity index (χ0n) is 19.3. The van der Waals surface area contributed by atoms with Gasteiger partial charge >= 0.3 is 23.9 Å². The maximum atomic E-state index is 11.5. The van der Waals surface area contributed by atoms with E-state index in [2.05, 4.69) is 19.6 Å². The normalized spacial score (nSPS) is 10.1. The fraction of sp³-hybridized carbons (Fsp3) is 0.250. The van der Waals surface area contributed by atoms with Gasteiger partial charge in [0.15, 0.2) is 0 Å². The largest absolute Gasteiger partial charge is 0.396 e. The minimum absolute atomic E-state index is 0.328. The molecule has 0 saturated carbocycles. The first kappa shape index (κ1) is 26.7. The van der Waals surface area contributed by atoms with Crippen LogP contribution in [0.5, 0.6) is 0 Å². The lowest BCUT2D eigenvalue weighted by Gasteiger charge is -2.04. The van der Waals surface area contributed by atoms with Gasteiger partial charge in [-0.05, 0) is 66.9 Å². The minimum Gasteiger partial charge on any atom is -0.247 e. The van der Waals surface area contributed by atoms with Crippen LogP contribution in [0.4, 0.5) is 0 Å². The van der Waals surface area contributed by atoms with E-state index >= 15 is 0 Å². The molecular formula is C24H24O8S2. The second kappa shape index (κ2) is 12.7. The van der Waals surface area contributed by atoms with Gasteiger partial charge in [0.2, 0.25) is 0 Å². The van der Waals surface area contributed by atoms with Gasteiger partial charge in [-0.2, -0.15) is 0 Å². The monoisotopic (exact) mass is 504 g/mol. The van der Waals surface area contributed by atoms with E-state index in [0.29, 0.717) is 15.3 Å². The Hall–Kier alpha value is -3.50. The van der Waals surface area contributed by atoms with E-state index in [9.17, 15) is 19.2 Å². The highest BCUT2D eigenvalue weighted by molar-refractivity contribution is 7.12. The average molecular weight is 505 g/mol. The summed E-state index contributed by atoms with van der Waals surface area (Å²) in [7, 11) is 0. The molecule has 2 heterocycles. The maximum Gasteiger partial charge on any atom is 0.396 e. The van der Waals surface area contributed by atoms with Crippen molar-refractivity contribution >= 4 is 46.6 Å². The zero-order chi connectivity index (χ0) is 25.3. The number of benzene rings is 1. The third-order valence-electron chi connectivity index (χ3n) is 4.01. The molecule has 0 aliphatic rings. The van der Waals surface area contributed by atoms with Crippen LogP contribution in [0.25, 0.3) is 0 Å². The molecule has 0 atom stereocenters. The number of carbonyl (C=O) groups is 4. The molecule has 0 aliphatic heterocycles. The van der Waals surface area contributed by atoms with Crippen LogP contribution < -0.4 is 0 Å². The molecule has 0 fully saturated rings. The highest BCUT2D eigenvalue weighted by atomic mass is 32.1. The molecule has 3 rings (SSSR count). The number of thiophene rings is 2. The summed E-state index contributed by atoms with van der Waals surface area (Å²) in [6.07, 6.45) is 0. The van der Waals surface area contributed by atoms with E-state index in [1.165, 1.54) is 22.7 Å². The van der Waals surface area contributed by atoms with Crippen LogP contribution in [0.15, 0.2) is 47.2 Å². The molecule has 2 aromatic heterocycles. The van der Waals surface area contributed by atoms with Crippen LogP contribution >= 0.6 is 22.7 Å². The Labute approximate surface area is 204 Å². The summed E-state index contributed by atoms with van der Waals surface area (Å²) in [6.45, 7) is 8.96. The van der Waals surface area contributed by atoms with Crippen LogP contribution in [0.3, 0.4) is 0 Å². The van der Waals surface area contributed by atoms with E-state index < -0.39 is 23.9 Å². The summed E-state index contributed by atoms with van der Waals surface area (Å²) in [4.78, 5) is 64.0. The topological polar surface area (TPSA) is 105 Å². The molecule has 180 valence electrons. The fourth-order valence-electron chi connectivity index (χ4n) is 2.15. The van der Waals surface area contributed by atoms with Gasteiger partial charge < -0.3 is 0 Å². The molecule has 1 aromatic carbocycles. The first-order valence-electron chi connectivity index (χ1n) is 10.1. The molecule has 0 aliphatic carbocycles. The number of hydrogen-bond acceptors (Lipinski definition) is 10. The second-order valence-corrected chi connectivity index (χ2v) is 9.33. The second-order valence-electron chi connectivity index (χ2n) is 7.51. The maximum absolute atomic E-state index is 11.5. The van der Waals surface area contributed by atoms with Crippen LogP contribution in [-0.4, -0.2) is 23.9 Å². The van der Waals surface area contributed by atoms with Gasteiger partial charge in [-0.25, -0.2) is 38.7 Å². The molecule has 0 bridgehead atoms. The third-order valence-corrected chi connectivity index (χ3v) is 6.07. The lowest BCUT2D eigenvalue weighted by atomic mass is 10.2. The molecule has 10 heteroatoms. The first-order valence-corrected chi connectivity index (χ1v) is 11.9. The smallest absolute Gasteiger partial charge is 0.247 e. The SMILES string of the molecule is Cc1ccc(C(=O)OOC(=O)C(C)C)cc1.Cc1csc(C(=O)OOC(=O)c2cc(C)cs2)c1. The lowest BCUT2D eigenvalue weighted by Crippen LogP contribution is -2.15. The Kier molecular flexibility index (Phi) is 9.96. The molecule has 0 saturated heterocycles. The third kappa shape index (κ3) is 8.45. The summed E-state index contributed by atoms with van der Waals surface area (Å²) in [5.74, 6) is -2.88. The Bertz CT molecular complexity index is 1090. The summed E-state index contributed by atoms with van der Waals surface area (Å²) in [5, 5.41) is 3.64. The Morgan fingerprint density at radius 1 is 0.647 bits per heavy atom. The summed E-state index contributed by atoms with van der Waals surface area (Å²) in [6, 6.07) is 10.1. The van der Waals surface area contributed by atoms with Gasteiger partial charge in [-0.3, -0.25) is 0 Å². The standard InChI is InChI=1S/C12H10O4S2.C12H14O4/c1-7-3-9(17-5-7)11(13)15-16-12(14)10-4-8(2)6-18-10;1-8(2)11(13)15-16-12(14)10-6-4-9(3)5-7-10/h3-6H,1-2H3;4-8H,1-3H3. The van der Waals surface area contributed by atoms with Crippen molar-refractivity contribution in [3.8, 4) is 0 Å². The van der Waals surface area contributed by atoms with Crippen molar-refractivity contribution < 1.29 is 38.7 Å². The molecule has 34 heavy (non-hydrogen) atoms. The van der Waals surface area contributed by atoms with Crippen molar-refractivity contribution in [2.75, 3.05) is 0 Å². The molecule has 0 unspecified atom stereocenters. The highest BCUT2D eigenvalue weighted by Crippen LogP contribution is 2.17. The quantitative estimate of drug-likeness (QED) is 0.333. The van der Waals surface area contributed by atoms with Gasteiger partial charge in [0.25, 0.3) is 0 Å². The molecule has 8 nitrogen and oxygen atoms in total. The summed E-state index contributed by atoms with van der Waals surface area (Å²) < 4.78 is 0. The van der Waals surface area contributed by atoms with E-state index in [-0.39, 0.29) is 5.92 Å². The summed E-state index contributed by atoms with van der Waals surface area (Å²) in [5.41, 5.74) is 3.32. The Balaban J connectivity index is 0.000000242. The van der Waals surface area contributed by atoms with Crippen LogP contribution in [0, 0.1) is 26.7 Å². The minimum atomic E-state index is -0.672. The van der Waals surface area contributed by atoms with E-state index in [1.54, 1.807) is 50.2 Å². The van der Waals surface area contributed by atoms with Gasteiger partial charge in [-0.15, -0.1) is 22.7 Å². The van der Waals surface area contributed by atoms with Crippen molar-refractivity contribution in [1.29, 1.82) is 0 Å². The van der Waals surface area contributed by atoms with Crippen molar-refractivity contribution in [1.82, 2.24) is 0 Å². The van der Waals surface area contributed by atoms with Gasteiger partial charge in [0.1, 0.15) is 9.75 Å². The van der Waals surface area contributed by atoms with Crippen molar-refractivity contribution in [3.05, 3.63) is 79.2 Å². The lowest BCUT2D eigenvalue weighted by molar-refractivity contribution is -0.237. The van der Waals surface area contributed by atoms with Crippen molar-refractivity contribution in [2.24, 2.45) is 5.92 Å². The van der Waals surface area contributed by atoms with E-state index in [4.69, 9.17) is 0 Å². The molecule has 0 N–H and O–H groups in total. The predicted octanol–water partition coefficient (Wildman–Crippen LogP) is 5.62. The average Bonchev–Trinajstić information content (AvgIpc) is 3.44. The molecule has 3 aromatic rings. The highest BCUT2D eigenvalue weighted by Gasteiger charge is 2.17. The van der Waals surface area contributed by atoms with Gasteiger partial charge in [0.05, 0.1) is 11.5 Å². The van der Waals surface area contributed by atoms with Crippen molar-refractivity contribution in [2.45, 2.75) is 34.6 Å². The van der Waals surface area contributed by atoms with Crippen molar-refractivity contribution in [3.63, 3.8) is 0 Å². The number of aryl methyl sites for hydroxylation is 3. The predicted molar refractivity (Wildman–Crippen MR) is 126 cm³/mol. The fourth-order valence-corrected chi connectivity index (χ4v) is 3.68. The number of hydrogen-bond donors (Lipinski definition) is 0. The van der Waals surface area contributed by atoms with E-state index in [0.717, 1.165) is 16.7 Å². The first-order chi connectivity index (χ1) is 16.1. The van der Waals surface area contributed by atoms with Gasteiger partial charge in [0, 0.05) is 0 Å². The van der Waals surface area contributed by atoms with Crippen LogP contribution in [-0.2, 0) is 24.3 Å². The van der Waals surface area contributed by atoms with Crippen LogP contribution in [0.1, 0.15) is 60.2 Å². The molecule has 0 amide bonds.